The van der Waals surface area contributed by atoms with E-state index in [9.17, 15) is 9.59 Å². The lowest BCUT2D eigenvalue weighted by Gasteiger charge is -2.37. The molecule has 0 N–H and O–H groups in total. The summed E-state index contributed by atoms with van der Waals surface area (Å²) in [7, 11) is 0. The van der Waals surface area contributed by atoms with Crippen LogP contribution >= 0.6 is 23.4 Å². The molecule has 0 saturated carbocycles. The molecule has 0 aromatic heterocycles. The molecule has 1 saturated heterocycles. The number of morpholine rings is 1. The molecular weight excluding hydrogens is 450 g/mol. The van der Waals surface area contributed by atoms with Crippen LogP contribution in [-0.2, 0) is 19.1 Å². The fourth-order valence-electron chi connectivity index (χ4n) is 3.95. The zero-order valence-corrected chi connectivity index (χ0v) is 19.9. The highest BCUT2D eigenvalue weighted by Gasteiger charge is 2.41. The van der Waals surface area contributed by atoms with Crippen LogP contribution in [-0.4, -0.2) is 59.3 Å². The van der Waals surface area contributed by atoms with E-state index in [-0.39, 0.29) is 18.4 Å². The second-order valence-electron chi connectivity index (χ2n) is 8.07. The summed E-state index contributed by atoms with van der Waals surface area (Å²) in [5.74, 6) is -0.371. The lowest BCUT2D eigenvalue weighted by atomic mass is 9.94. The van der Waals surface area contributed by atoms with Gasteiger partial charge in [-0.1, -0.05) is 35.5 Å². The number of hydrogen-bond donors (Lipinski definition) is 0. The van der Waals surface area contributed by atoms with Gasteiger partial charge in [-0.25, -0.2) is 9.79 Å². The van der Waals surface area contributed by atoms with Crippen molar-refractivity contribution in [2.24, 2.45) is 4.99 Å². The Bertz CT molecular complexity index is 997. The molecule has 3 aliphatic rings. The number of nitrogens with zero attached hydrogens (tertiary/aromatic N) is 3. The summed E-state index contributed by atoms with van der Waals surface area (Å²) in [6.45, 7) is 7.74. The Balaban J connectivity index is 1.69. The number of benzene rings is 1. The predicted octanol–water partition coefficient (Wildman–Crippen LogP) is 4.12. The molecule has 1 aromatic carbocycles. The number of carbonyl (C=O) groups excluding carboxylic acids is 2. The number of allylic oxidation sites excluding steroid dienone is 1. The number of halogens is 1. The van der Waals surface area contributed by atoms with Gasteiger partial charge in [0.15, 0.2) is 5.17 Å². The Morgan fingerprint density at radius 1 is 1.25 bits per heavy atom. The summed E-state index contributed by atoms with van der Waals surface area (Å²) in [4.78, 5) is 34.6. The molecule has 0 radical (unpaired) electrons. The van der Waals surface area contributed by atoms with E-state index in [1.165, 1.54) is 11.8 Å². The van der Waals surface area contributed by atoms with E-state index in [1.54, 1.807) is 12.1 Å². The SMILES string of the molecule is CC1=C(C(=O)OC(C)C)[C@@H](c2ccc(Cl)cc2)N2C(CC(=O)N3CCOCC3)=CSC2=N1. The van der Waals surface area contributed by atoms with E-state index < -0.39 is 12.0 Å². The molecule has 0 aliphatic carbocycles. The normalized spacial score (nSPS) is 20.8. The van der Waals surface area contributed by atoms with Crippen LogP contribution in [0, 0.1) is 0 Å². The van der Waals surface area contributed by atoms with Crippen molar-refractivity contribution in [1.29, 1.82) is 0 Å². The largest absolute Gasteiger partial charge is 0.459 e. The van der Waals surface area contributed by atoms with Gasteiger partial charge in [-0.05, 0) is 43.9 Å². The van der Waals surface area contributed by atoms with Crippen LogP contribution < -0.4 is 0 Å². The Morgan fingerprint density at radius 2 is 1.94 bits per heavy atom. The third-order valence-corrected chi connectivity index (χ3v) is 6.59. The molecule has 170 valence electrons. The van der Waals surface area contributed by atoms with E-state index in [0.717, 1.165) is 16.4 Å². The minimum Gasteiger partial charge on any atom is -0.459 e. The minimum atomic E-state index is -0.454. The number of amidine groups is 1. The van der Waals surface area contributed by atoms with Crippen LogP contribution in [0.25, 0.3) is 0 Å². The lowest BCUT2D eigenvalue weighted by molar-refractivity contribution is -0.143. The maximum absolute atomic E-state index is 13.1. The molecule has 0 bridgehead atoms. The minimum absolute atomic E-state index is 0.0360. The average molecular weight is 476 g/mol. The topological polar surface area (TPSA) is 71.4 Å². The van der Waals surface area contributed by atoms with Gasteiger partial charge in [0, 0.05) is 23.8 Å². The van der Waals surface area contributed by atoms with Crippen LogP contribution in [0.4, 0.5) is 0 Å². The number of amides is 1. The smallest absolute Gasteiger partial charge is 0.338 e. The highest BCUT2D eigenvalue weighted by Crippen LogP contribution is 2.45. The second kappa shape index (κ2) is 9.68. The van der Waals surface area contributed by atoms with Crippen LogP contribution in [0.3, 0.4) is 0 Å². The number of aliphatic imine (C=N–C) groups is 1. The van der Waals surface area contributed by atoms with Crippen LogP contribution in [0.2, 0.25) is 5.02 Å². The molecular formula is C23H26ClN3O4S. The Labute approximate surface area is 197 Å². The van der Waals surface area contributed by atoms with Gasteiger partial charge in [-0.2, -0.15) is 0 Å². The third-order valence-electron chi connectivity index (χ3n) is 5.45. The number of hydrogen-bond acceptors (Lipinski definition) is 7. The first kappa shape index (κ1) is 22.9. The standard InChI is InChI=1S/C23H26ClN3O4S/c1-14(2)31-22(29)20-15(3)25-23-27(21(20)16-4-6-17(24)7-5-16)18(13-32-23)12-19(28)26-8-10-30-11-9-26/h4-7,13-14,21H,8-12H2,1-3H3/t21-/m1/s1. The summed E-state index contributed by atoms with van der Waals surface area (Å²) in [6, 6.07) is 6.94. The molecule has 0 unspecified atom stereocenters. The van der Waals surface area contributed by atoms with Crippen molar-refractivity contribution in [1.82, 2.24) is 9.80 Å². The van der Waals surface area contributed by atoms with Crippen LogP contribution in [0.1, 0.15) is 38.8 Å². The van der Waals surface area contributed by atoms with Crippen molar-refractivity contribution < 1.29 is 19.1 Å². The van der Waals surface area contributed by atoms with Gasteiger partial charge < -0.3 is 19.3 Å². The Kier molecular flexibility index (Phi) is 6.93. The fourth-order valence-corrected chi connectivity index (χ4v) is 5.04. The average Bonchev–Trinajstić information content (AvgIpc) is 3.15. The van der Waals surface area contributed by atoms with Crippen molar-refractivity contribution in [3.63, 3.8) is 0 Å². The summed E-state index contributed by atoms with van der Waals surface area (Å²) in [5.41, 5.74) is 2.78. The number of ether oxygens (including phenoxy) is 2. The number of fused-ring (bicyclic) bond motifs is 1. The first-order chi connectivity index (χ1) is 15.3. The van der Waals surface area contributed by atoms with Gasteiger partial charge in [0.05, 0.1) is 43.1 Å². The zero-order chi connectivity index (χ0) is 22.8. The van der Waals surface area contributed by atoms with E-state index in [1.807, 2.05) is 48.1 Å². The molecule has 3 aliphatic heterocycles. The maximum atomic E-state index is 13.1. The van der Waals surface area contributed by atoms with Crippen molar-refractivity contribution in [3.8, 4) is 0 Å². The zero-order valence-electron chi connectivity index (χ0n) is 18.3. The molecule has 1 fully saturated rings. The summed E-state index contributed by atoms with van der Waals surface area (Å²) in [5, 5.41) is 3.30. The van der Waals surface area contributed by atoms with Gasteiger partial charge in [0.1, 0.15) is 0 Å². The van der Waals surface area contributed by atoms with E-state index >= 15 is 0 Å². The molecule has 7 nitrogen and oxygen atoms in total. The summed E-state index contributed by atoms with van der Waals surface area (Å²) >= 11 is 7.59. The van der Waals surface area contributed by atoms with Crippen molar-refractivity contribution >= 4 is 40.4 Å². The van der Waals surface area contributed by atoms with E-state index in [0.29, 0.717) is 42.6 Å². The first-order valence-electron chi connectivity index (χ1n) is 10.6. The number of esters is 1. The predicted molar refractivity (Wildman–Crippen MR) is 125 cm³/mol. The van der Waals surface area contributed by atoms with Crippen molar-refractivity contribution in [2.75, 3.05) is 26.3 Å². The number of rotatable bonds is 5. The lowest BCUT2D eigenvalue weighted by Crippen LogP contribution is -2.42. The fraction of sp³-hybridized carbons (Fsp3) is 0.435. The number of thioether (sulfide) groups is 1. The highest BCUT2D eigenvalue weighted by molar-refractivity contribution is 8.16. The number of carbonyl (C=O) groups is 2. The maximum Gasteiger partial charge on any atom is 0.338 e. The van der Waals surface area contributed by atoms with Gasteiger partial charge in [0.25, 0.3) is 0 Å². The first-order valence-corrected chi connectivity index (χ1v) is 11.9. The molecule has 3 heterocycles. The molecule has 4 rings (SSSR count). The second-order valence-corrected chi connectivity index (χ2v) is 9.34. The third kappa shape index (κ3) is 4.72. The van der Waals surface area contributed by atoms with Crippen LogP contribution in [0.5, 0.6) is 0 Å². The summed E-state index contributed by atoms with van der Waals surface area (Å²) < 4.78 is 10.9. The van der Waals surface area contributed by atoms with Crippen LogP contribution in [0.15, 0.2) is 51.6 Å². The monoisotopic (exact) mass is 475 g/mol. The summed E-state index contributed by atoms with van der Waals surface area (Å²) in [6.07, 6.45) is -0.0355. The quantitative estimate of drug-likeness (QED) is 0.597. The Hall–Kier alpha value is -2.29. The molecule has 9 heteroatoms. The molecule has 1 aromatic rings. The molecule has 32 heavy (non-hydrogen) atoms. The van der Waals surface area contributed by atoms with Gasteiger partial charge in [-0.3, -0.25) is 4.79 Å². The van der Waals surface area contributed by atoms with E-state index in [4.69, 9.17) is 21.1 Å². The molecule has 0 spiro atoms. The van der Waals surface area contributed by atoms with Gasteiger partial charge >= 0.3 is 5.97 Å². The van der Waals surface area contributed by atoms with Crippen molar-refractivity contribution in [2.45, 2.75) is 39.3 Å². The molecule has 1 amide bonds. The Morgan fingerprint density at radius 3 is 2.59 bits per heavy atom. The van der Waals surface area contributed by atoms with Gasteiger partial charge in [0.2, 0.25) is 5.91 Å². The molecule has 1 atom stereocenters. The highest BCUT2D eigenvalue weighted by atomic mass is 35.5. The van der Waals surface area contributed by atoms with Crippen molar-refractivity contribution in [3.05, 3.63) is 57.2 Å². The van der Waals surface area contributed by atoms with Gasteiger partial charge in [-0.15, -0.1) is 0 Å². The van der Waals surface area contributed by atoms with E-state index in [2.05, 4.69) is 4.99 Å².